The Morgan fingerprint density at radius 1 is 1.19 bits per heavy atom. The first-order valence-corrected chi connectivity index (χ1v) is 9.12. The molecule has 2 N–H and O–H groups in total. The zero-order chi connectivity index (χ0) is 15.0. The van der Waals surface area contributed by atoms with Crippen molar-refractivity contribution < 1.29 is 4.79 Å². The Balaban J connectivity index is 1.98. The van der Waals surface area contributed by atoms with Gasteiger partial charge in [0, 0.05) is 24.6 Å². The molecule has 1 saturated heterocycles. The van der Waals surface area contributed by atoms with Gasteiger partial charge in [0.25, 0.3) is 0 Å². The molecule has 0 aromatic carbocycles. The van der Waals surface area contributed by atoms with Gasteiger partial charge in [-0.2, -0.15) is 0 Å². The van der Waals surface area contributed by atoms with Crippen LogP contribution in [0.5, 0.6) is 0 Å². The third kappa shape index (κ3) is 2.96. The highest BCUT2D eigenvalue weighted by Gasteiger charge is 2.34. The Hall–Kier alpha value is -1.03. The van der Waals surface area contributed by atoms with Crippen LogP contribution in [0, 0.1) is 5.92 Å². The van der Waals surface area contributed by atoms with Gasteiger partial charge >= 0.3 is 0 Å². The lowest BCUT2D eigenvalue weighted by molar-refractivity contribution is 0.0944. The molecule has 0 radical (unpaired) electrons. The monoisotopic (exact) mass is 306 g/mol. The Kier molecular flexibility index (Phi) is 4.25. The molecule has 1 aromatic rings. The Morgan fingerprint density at radius 2 is 1.81 bits per heavy atom. The molecule has 1 aromatic heterocycles. The Bertz CT molecular complexity index is 523. The Labute approximate surface area is 131 Å². The molecule has 1 aliphatic carbocycles. The smallest absolute Gasteiger partial charge is 0.177 e. The van der Waals surface area contributed by atoms with Crippen molar-refractivity contribution >= 4 is 27.8 Å². The second-order valence-electron chi connectivity index (χ2n) is 6.76. The fraction of sp³-hybridized carbons (Fsp3) is 0.706. The van der Waals surface area contributed by atoms with Crippen LogP contribution >= 0.6 is 11.3 Å². The van der Waals surface area contributed by atoms with Crippen LogP contribution in [0.3, 0.4) is 0 Å². The molecule has 2 aliphatic rings. The molecule has 1 aliphatic heterocycles. The van der Waals surface area contributed by atoms with Crippen LogP contribution in [0.4, 0.5) is 10.7 Å². The third-order valence-electron chi connectivity index (χ3n) is 4.59. The highest BCUT2D eigenvalue weighted by Crippen LogP contribution is 2.52. The van der Waals surface area contributed by atoms with Crippen molar-refractivity contribution in [3.8, 4) is 0 Å². The quantitative estimate of drug-likeness (QED) is 0.837. The number of hydrogen-bond donors (Lipinski definition) is 1. The first kappa shape index (κ1) is 14.9. The largest absolute Gasteiger partial charge is 0.397 e. The van der Waals surface area contributed by atoms with Crippen molar-refractivity contribution in [1.29, 1.82) is 0 Å². The molecule has 116 valence electrons. The van der Waals surface area contributed by atoms with Crippen molar-refractivity contribution in [3.63, 3.8) is 0 Å². The molecule has 3 rings (SSSR count). The van der Waals surface area contributed by atoms with Crippen LogP contribution in [0.25, 0.3) is 0 Å². The minimum Gasteiger partial charge on any atom is -0.397 e. The summed E-state index contributed by atoms with van der Waals surface area (Å²) in [5.74, 6) is 0.837. The highest BCUT2D eigenvalue weighted by atomic mass is 32.1. The number of ketones is 1. The molecule has 21 heavy (non-hydrogen) atoms. The van der Waals surface area contributed by atoms with E-state index in [0.717, 1.165) is 23.7 Å². The zero-order valence-electron chi connectivity index (χ0n) is 13.2. The molecular weight excluding hydrogens is 280 g/mol. The Morgan fingerprint density at radius 3 is 2.33 bits per heavy atom. The number of nitrogen functional groups attached to an aromatic ring is 1. The van der Waals surface area contributed by atoms with E-state index in [9.17, 15) is 4.79 Å². The molecule has 2 fully saturated rings. The molecule has 0 amide bonds. The van der Waals surface area contributed by atoms with Crippen molar-refractivity contribution in [1.82, 2.24) is 0 Å². The second kappa shape index (κ2) is 5.99. The standard InChI is InChI=1S/C17H26N2OS/c1-11(2)15(20)16-14(18)13(12-7-8-12)17(21-16)19-9-5-3-4-6-10-19/h11-12H,3-10,18H2,1-2H3. The number of nitrogens with zero attached hydrogens (tertiary/aromatic N) is 1. The highest BCUT2D eigenvalue weighted by molar-refractivity contribution is 7.19. The van der Waals surface area contributed by atoms with E-state index in [1.807, 2.05) is 13.8 Å². The van der Waals surface area contributed by atoms with E-state index in [1.165, 1.54) is 49.1 Å². The molecular formula is C17H26N2OS. The van der Waals surface area contributed by atoms with Gasteiger partial charge in [0.15, 0.2) is 5.78 Å². The van der Waals surface area contributed by atoms with Gasteiger partial charge in [-0.1, -0.05) is 26.7 Å². The predicted molar refractivity (Wildman–Crippen MR) is 90.6 cm³/mol. The summed E-state index contributed by atoms with van der Waals surface area (Å²) in [6, 6.07) is 0. The van der Waals surface area contributed by atoms with Gasteiger partial charge in [-0.05, 0) is 31.6 Å². The van der Waals surface area contributed by atoms with E-state index >= 15 is 0 Å². The number of rotatable bonds is 4. The zero-order valence-corrected chi connectivity index (χ0v) is 14.0. The number of thiophene rings is 1. The van der Waals surface area contributed by atoms with Crippen LogP contribution in [-0.4, -0.2) is 18.9 Å². The minimum absolute atomic E-state index is 0.0231. The van der Waals surface area contributed by atoms with Gasteiger partial charge in [0.2, 0.25) is 0 Å². The SMILES string of the molecule is CC(C)C(=O)c1sc(N2CCCCCC2)c(C2CC2)c1N. The van der Waals surface area contributed by atoms with E-state index in [1.54, 1.807) is 11.3 Å². The van der Waals surface area contributed by atoms with Crippen molar-refractivity contribution in [2.75, 3.05) is 23.7 Å². The maximum Gasteiger partial charge on any atom is 0.177 e. The topological polar surface area (TPSA) is 46.3 Å². The predicted octanol–water partition coefficient (Wildman–Crippen LogP) is 4.43. The van der Waals surface area contributed by atoms with Crippen LogP contribution in [0.1, 0.15) is 73.5 Å². The molecule has 2 heterocycles. The van der Waals surface area contributed by atoms with Gasteiger partial charge in [0.1, 0.15) is 0 Å². The summed E-state index contributed by atoms with van der Waals surface area (Å²) in [6.45, 7) is 6.16. The van der Waals surface area contributed by atoms with E-state index in [4.69, 9.17) is 5.73 Å². The number of carbonyl (C=O) groups excluding carboxylic acids is 1. The maximum atomic E-state index is 12.4. The van der Waals surface area contributed by atoms with Gasteiger partial charge < -0.3 is 10.6 Å². The molecule has 1 saturated carbocycles. The van der Waals surface area contributed by atoms with E-state index in [-0.39, 0.29) is 11.7 Å². The summed E-state index contributed by atoms with van der Waals surface area (Å²) in [5, 5.41) is 1.31. The van der Waals surface area contributed by atoms with Gasteiger partial charge in [-0.3, -0.25) is 4.79 Å². The summed E-state index contributed by atoms with van der Waals surface area (Å²) >= 11 is 1.66. The molecule has 0 spiro atoms. The van der Waals surface area contributed by atoms with Gasteiger partial charge in [-0.15, -0.1) is 11.3 Å². The third-order valence-corrected chi connectivity index (χ3v) is 5.89. The van der Waals surface area contributed by atoms with Crippen LogP contribution in [0.15, 0.2) is 0 Å². The fourth-order valence-corrected chi connectivity index (χ4v) is 4.61. The second-order valence-corrected chi connectivity index (χ2v) is 7.76. The van der Waals surface area contributed by atoms with Crippen LogP contribution in [-0.2, 0) is 0 Å². The summed E-state index contributed by atoms with van der Waals surface area (Å²) in [6.07, 6.45) is 7.64. The first-order chi connectivity index (χ1) is 10.1. The maximum absolute atomic E-state index is 12.4. The van der Waals surface area contributed by atoms with E-state index in [0.29, 0.717) is 5.92 Å². The number of anilines is 2. The minimum atomic E-state index is 0.0231. The number of carbonyl (C=O) groups is 1. The number of nitrogens with two attached hydrogens (primary N) is 1. The average Bonchev–Trinajstić information content (AvgIpc) is 3.26. The summed E-state index contributed by atoms with van der Waals surface area (Å²) in [4.78, 5) is 15.7. The van der Waals surface area contributed by atoms with Crippen molar-refractivity contribution in [3.05, 3.63) is 10.4 Å². The lowest BCUT2D eigenvalue weighted by Gasteiger charge is -2.22. The van der Waals surface area contributed by atoms with E-state index < -0.39 is 0 Å². The molecule has 0 atom stereocenters. The summed E-state index contributed by atoms with van der Waals surface area (Å²) < 4.78 is 0. The average molecular weight is 306 g/mol. The van der Waals surface area contributed by atoms with Crippen LogP contribution < -0.4 is 10.6 Å². The normalized spacial score (nSPS) is 19.9. The van der Waals surface area contributed by atoms with Crippen molar-refractivity contribution in [2.24, 2.45) is 5.92 Å². The number of hydrogen-bond acceptors (Lipinski definition) is 4. The lowest BCUT2D eigenvalue weighted by Crippen LogP contribution is -2.23. The van der Waals surface area contributed by atoms with Crippen LogP contribution in [0.2, 0.25) is 0 Å². The lowest BCUT2D eigenvalue weighted by atomic mass is 10.0. The number of Topliss-reactive ketones (excluding diaryl/α,β-unsaturated/α-hetero) is 1. The molecule has 0 unspecified atom stereocenters. The van der Waals surface area contributed by atoms with Crippen molar-refractivity contribution in [2.45, 2.75) is 58.3 Å². The van der Waals surface area contributed by atoms with Gasteiger partial charge in [-0.25, -0.2) is 0 Å². The first-order valence-electron chi connectivity index (χ1n) is 8.31. The van der Waals surface area contributed by atoms with E-state index in [2.05, 4.69) is 4.90 Å². The molecule has 3 nitrogen and oxygen atoms in total. The van der Waals surface area contributed by atoms with Gasteiger partial charge in [0.05, 0.1) is 15.6 Å². The fourth-order valence-electron chi connectivity index (χ4n) is 3.16. The molecule has 4 heteroatoms. The molecule has 0 bridgehead atoms. The summed E-state index contributed by atoms with van der Waals surface area (Å²) in [7, 11) is 0. The summed E-state index contributed by atoms with van der Waals surface area (Å²) in [5.41, 5.74) is 8.48.